The predicted molar refractivity (Wildman–Crippen MR) is 79.6 cm³/mol. The number of nitrogens with one attached hydrogen (secondary N) is 2. The molecule has 1 unspecified atom stereocenters. The molecule has 2 heterocycles. The number of aromatic nitrogens is 1. The van der Waals surface area contributed by atoms with E-state index >= 15 is 0 Å². The van der Waals surface area contributed by atoms with Crippen molar-refractivity contribution in [3.8, 4) is 0 Å². The monoisotopic (exact) mass is 347 g/mol. The highest BCUT2D eigenvalue weighted by Gasteiger charge is 2.18. The van der Waals surface area contributed by atoms with Gasteiger partial charge in [0.15, 0.2) is 0 Å². The molecule has 1 atom stereocenters. The standard InChI is InChI=1S/C12H18BrN3O2S/c13-11-9-14-7-4-12(11)16-19(17,18)8-5-10-3-1-2-6-15-10/h4,7,9-10,15H,1-3,5-6,8H2,(H,14,16). The van der Waals surface area contributed by atoms with Crippen LogP contribution in [0.5, 0.6) is 0 Å². The molecule has 2 rings (SSSR count). The molecule has 0 radical (unpaired) electrons. The molecular formula is C12H18BrN3O2S. The van der Waals surface area contributed by atoms with E-state index in [1.54, 1.807) is 18.5 Å². The molecule has 1 aliphatic rings. The fourth-order valence-corrected chi connectivity index (χ4v) is 3.83. The Labute approximate surface area is 122 Å². The highest BCUT2D eigenvalue weighted by Crippen LogP contribution is 2.21. The van der Waals surface area contributed by atoms with Crippen LogP contribution in [0.4, 0.5) is 5.69 Å². The second-order valence-corrected chi connectivity index (χ2v) is 7.41. The van der Waals surface area contributed by atoms with Crippen molar-refractivity contribution in [1.29, 1.82) is 0 Å². The molecular weight excluding hydrogens is 330 g/mol. The van der Waals surface area contributed by atoms with E-state index < -0.39 is 10.0 Å². The second kappa shape index (κ2) is 6.67. The third-order valence-corrected chi connectivity index (χ3v) is 5.12. The molecule has 1 aromatic rings. The third kappa shape index (κ3) is 4.74. The number of sulfonamides is 1. The minimum atomic E-state index is -3.30. The molecule has 1 fully saturated rings. The van der Waals surface area contributed by atoms with Gasteiger partial charge in [0.1, 0.15) is 0 Å². The van der Waals surface area contributed by atoms with Crippen molar-refractivity contribution in [2.45, 2.75) is 31.7 Å². The van der Waals surface area contributed by atoms with Gasteiger partial charge in [0.05, 0.1) is 15.9 Å². The maximum Gasteiger partial charge on any atom is 0.232 e. The molecule has 0 aromatic carbocycles. The highest BCUT2D eigenvalue weighted by atomic mass is 79.9. The van der Waals surface area contributed by atoms with E-state index in [-0.39, 0.29) is 5.75 Å². The predicted octanol–water partition coefficient (Wildman–Crippen LogP) is 2.12. The fourth-order valence-electron chi connectivity index (χ4n) is 2.14. The summed E-state index contributed by atoms with van der Waals surface area (Å²) < 4.78 is 27.3. The lowest BCUT2D eigenvalue weighted by Gasteiger charge is -2.23. The Kier molecular flexibility index (Phi) is 5.18. The maximum absolute atomic E-state index is 12.0. The summed E-state index contributed by atoms with van der Waals surface area (Å²) in [6, 6.07) is 1.96. The van der Waals surface area contributed by atoms with E-state index in [2.05, 4.69) is 31.0 Å². The molecule has 0 bridgehead atoms. The van der Waals surface area contributed by atoms with Crippen LogP contribution in [-0.2, 0) is 10.0 Å². The first-order valence-electron chi connectivity index (χ1n) is 6.40. The highest BCUT2D eigenvalue weighted by molar-refractivity contribution is 9.10. The first-order chi connectivity index (χ1) is 9.07. The zero-order valence-electron chi connectivity index (χ0n) is 10.6. The summed E-state index contributed by atoms with van der Waals surface area (Å²) in [6.07, 6.45) is 7.21. The Morgan fingerprint density at radius 3 is 3.00 bits per heavy atom. The van der Waals surface area contributed by atoms with Crippen LogP contribution in [0.25, 0.3) is 0 Å². The molecule has 5 nitrogen and oxygen atoms in total. The summed E-state index contributed by atoms with van der Waals surface area (Å²) in [5, 5.41) is 3.36. The minimum Gasteiger partial charge on any atom is -0.314 e. The van der Waals surface area contributed by atoms with Gasteiger partial charge in [-0.15, -0.1) is 0 Å². The van der Waals surface area contributed by atoms with Crippen LogP contribution in [-0.4, -0.2) is 31.7 Å². The van der Waals surface area contributed by atoms with Gasteiger partial charge >= 0.3 is 0 Å². The smallest absolute Gasteiger partial charge is 0.232 e. The maximum atomic E-state index is 12.0. The van der Waals surface area contributed by atoms with Crippen molar-refractivity contribution >= 4 is 31.6 Å². The van der Waals surface area contributed by atoms with Crippen LogP contribution >= 0.6 is 15.9 Å². The molecule has 0 saturated carbocycles. The third-order valence-electron chi connectivity index (χ3n) is 3.19. The van der Waals surface area contributed by atoms with Gasteiger partial charge < -0.3 is 5.32 Å². The van der Waals surface area contributed by atoms with Gasteiger partial charge in [0.25, 0.3) is 0 Å². The molecule has 19 heavy (non-hydrogen) atoms. The lowest BCUT2D eigenvalue weighted by atomic mass is 10.0. The van der Waals surface area contributed by atoms with E-state index in [1.165, 1.54) is 12.8 Å². The van der Waals surface area contributed by atoms with Crippen LogP contribution in [0.3, 0.4) is 0 Å². The summed E-state index contributed by atoms with van der Waals surface area (Å²) in [5.41, 5.74) is 0.534. The summed E-state index contributed by atoms with van der Waals surface area (Å²) >= 11 is 3.27. The van der Waals surface area contributed by atoms with E-state index in [4.69, 9.17) is 0 Å². The van der Waals surface area contributed by atoms with Crippen molar-refractivity contribution in [1.82, 2.24) is 10.3 Å². The number of pyridine rings is 1. The van der Waals surface area contributed by atoms with E-state index in [0.717, 1.165) is 13.0 Å². The molecule has 106 valence electrons. The van der Waals surface area contributed by atoms with Crippen LogP contribution in [0.2, 0.25) is 0 Å². The Morgan fingerprint density at radius 1 is 1.47 bits per heavy atom. The molecule has 0 amide bonds. The van der Waals surface area contributed by atoms with Gasteiger partial charge in [-0.3, -0.25) is 9.71 Å². The second-order valence-electron chi connectivity index (χ2n) is 4.71. The average molecular weight is 348 g/mol. The van der Waals surface area contributed by atoms with Gasteiger partial charge in [-0.2, -0.15) is 0 Å². The molecule has 0 spiro atoms. The number of nitrogens with zero attached hydrogens (tertiary/aromatic N) is 1. The van der Waals surface area contributed by atoms with Crippen molar-refractivity contribution < 1.29 is 8.42 Å². The summed E-state index contributed by atoms with van der Waals surface area (Å²) in [6.45, 7) is 0.994. The number of anilines is 1. The summed E-state index contributed by atoms with van der Waals surface area (Å²) in [7, 11) is -3.30. The summed E-state index contributed by atoms with van der Waals surface area (Å²) in [5.74, 6) is 0.138. The normalized spacial score (nSPS) is 20.2. The van der Waals surface area contributed by atoms with Crippen molar-refractivity contribution in [3.05, 3.63) is 22.9 Å². The first-order valence-corrected chi connectivity index (χ1v) is 8.85. The van der Waals surface area contributed by atoms with Crippen LogP contribution < -0.4 is 10.0 Å². The van der Waals surface area contributed by atoms with Crippen LogP contribution in [0, 0.1) is 0 Å². The Bertz CT molecular complexity index is 515. The zero-order valence-corrected chi connectivity index (χ0v) is 13.0. The fraction of sp³-hybridized carbons (Fsp3) is 0.583. The molecule has 1 saturated heterocycles. The SMILES string of the molecule is O=S(=O)(CCC1CCCCN1)Nc1ccncc1Br. The largest absolute Gasteiger partial charge is 0.314 e. The number of rotatable bonds is 5. The van der Waals surface area contributed by atoms with E-state index in [9.17, 15) is 8.42 Å². The lowest BCUT2D eigenvalue weighted by molar-refractivity contribution is 0.393. The Hall–Kier alpha value is -0.660. The molecule has 7 heteroatoms. The molecule has 2 N–H and O–H groups in total. The molecule has 1 aromatic heterocycles. The molecule has 0 aliphatic carbocycles. The van der Waals surface area contributed by atoms with Gasteiger partial charge in [-0.25, -0.2) is 8.42 Å². The van der Waals surface area contributed by atoms with Gasteiger partial charge in [0, 0.05) is 18.4 Å². The quantitative estimate of drug-likeness (QED) is 0.855. The topological polar surface area (TPSA) is 71.1 Å². The van der Waals surface area contributed by atoms with Crippen LogP contribution in [0.1, 0.15) is 25.7 Å². The number of piperidine rings is 1. The molecule has 1 aliphatic heterocycles. The first kappa shape index (κ1) is 14.7. The number of hydrogen-bond acceptors (Lipinski definition) is 4. The minimum absolute atomic E-state index is 0.138. The average Bonchev–Trinajstić information content (AvgIpc) is 2.40. The van der Waals surface area contributed by atoms with Crippen LogP contribution in [0.15, 0.2) is 22.9 Å². The van der Waals surface area contributed by atoms with Gasteiger partial charge in [-0.1, -0.05) is 6.42 Å². The lowest BCUT2D eigenvalue weighted by Crippen LogP contribution is -2.36. The zero-order chi connectivity index (χ0) is 13.7. The van der Waals surface area contributed by atoms with Gasteiger partial charge in [-0.05, 0) is 47.8 Å². The van der Waals surface area contributed by atoms with E-state index in [1.807, 2.05) is 0 Å². The summed E-state index contributed by atoms with van der Waals surface area (Å²) in [4.78, 5) is 3.90. The van der Waals surface area contributed by atoms with Crippen molar-refractivity contribution in [2.75, 3.05) is 17.0 Å². The number of hydrogen-bond donors (Lipinski definition) is 2. The van der Waals surface area contributed by atoms with Crippen molar-refractivity contribution in [3.63, 3.8) is 0 Å². The number of halogens is 1. The van der Waals surface area contributed by atoms with Gasteiger partial charge in [0.2, 0.25) is 10.0 Å². The Balaban J connectivity index is 1.90. The van der Waals surface area contributed by atoms with Crippen molar-refractivity contribution in [2.24, 2.45) is 0 Å². The Morgan fingerprint density at radius 2 is 2.32 bits per heavy atom. The van der Waals surface area contributed by atoms with E-state index in [0.29, 0.717) is 22.6 Å².